The molecule has 2 aliphatic heterocycles. The van der Waals surface area contributed by atoms with Crippen molar-refractivity contribution in [1.82, 2.24) is 9.21 Å². The molecule has 8 heteroatoms. The normalized spacial score (nSPS) is 20.6. The molecule has 148 valence electrons. The van der Waals surface area contributed by atoms with Gasteiger partial charge in [0.2, 0.25) is 15.9 Å². The van der Waals surface area contributed by atoms with E-state index < -0.39 is 10.0 Å². The van der Waals surface area contributed by atoms with Crippen LogP contribution >= 0.6 is 0 Å². The van der Waals surface area contributed by atoms with E-state index in [1.165, 1.54) is 28.3 Å². The molecule has 0 atom stereocenters. The van der Waals surface area contributed by atoms with Crippen molar-refractivity contribution < 1.29 is 22.9 Å². The van der Waals surface area contributed by atoms with Crippen LogP contribution in [0.2, 0.25) is 0 Å². The molecule has 0 bridgehead atoms. The molecule has 27 heavy (non-hydrogen) atoms. The van der Waals surface area contributed by atoms with Crippen molar-refractivity contribution in [2.75, 3.05) is 46.3 Å². The average molecular weight is 395 g/mol. The number of hydrogen-bond acceptors (Lipinski definition) is 4. The Morgan fingerprint density at radius 2 is 1.56 bits per heavy atom. The lowest BCUT2D eigenvalue weighted by Gasteiger charge is -2.36. The third kappa shape index (κ3) is 4.39. The molecule has 0 saturated carbocycles. The SMILES string of the molecule is CC(=O)c1ccc(S(=O)(=O)N2CCC(C(=O)N3CC[NH+](C)CC3)CC2)cc1. The Bertz CT molecular complexity index is 791. The van der Waals surface area contributed by atoms with Crippen molar-refractivity contribution in [2.45, 2.75) is 24.7 Å². The number of hydrogen-bond donors (Lipinski definition) is 1. The number of carbonyl (C=O) groups is 2. The largest absolute Gasteiger partial charge is 0.334 e. The fourth-order valence-corrected chi connectivity index (χ4v) is 5.19. The second-order valence-corrected chi connectivity index (χ2v) is 9.48. The summed E-state index contributed by atoms with van der Waals surface area (Å²) in [6, 6.07) is 6.05. The molecular weight excluding hydrogens is 366 g/mol. The number of ketones is 1. The number of nitrogens with one attached hydrogen (secondary N) is 1. The monoisotopic (exact) mass is 394 g/mol. The van der Waals surface area contributed by atoms with Crippen molar-refractivity contribution in [3.63, 3.8) is 0 Å². The number of piperazine rings is 1. The van der Waals surface area contributed by atoms with Crippen LogP contribution < -0.4 is 4.90 Å². The van der Waals surface area contributed by atoms with Gasteiger partial charge in [0.25, 0.3) is 0 Å². The van der Waals surface area contributed by atoms with Gasteiger partial charge in [-0.1, -0.05) is 12.1 Å². The van der Waals surface area contributed by atoms with Gasteiger partial charge in [-0.3, -0.25) is 9.59 Å². The molecule has 0 radical (unpaired) electrons. The molecule has 1 N–H and O–H groups in total. The number of rotatable bonds is 4. The highest BCUT2D eigenvalue weighted by molar-refractivity contribution is 7.89. The molecule has 1 aromatic carbocycles. The van der Waals surface area contributed by atoms with E-state index in [4.69, 9.17) is 0 Å². The van der Waals surface area contributed by atoms with Crippen molar-refractivity contribution in [1.29, 1.82) is 0 Å². The quantitative estimate of drug-likeness (QED) is 0.708. The maximum atomic E-state index is 12.8. The predicted molar refractivity (Wildman–Crippen MR) is 101 cm³/mol. The highest BCUT2D eigenvalue weighted by Crippen LogP contribution is 2.25. The smallest absolute Gasteiger partial charge is 0.243 e. The average Bonchev–Trinajstić information content (AvgIpc) is 2.68. The second-order valence-electron chi connectivity index (χ2n) is 7.54. The molecule has 0 spiro atoms. The predicted octanol–water partition coefficient (Wildman–Crippen LogP) is -0.353. The first-order chi connectivity index (χ1) is 12.8. The van der Waals surface area contributed by atoms with Crippen LogP contribution in [-0.2, 0) is 14.8 Å². The first kappa shape index (κ1) is 20.0. The molecule has 2 saturated heterocycles. The van der Waals surface area contributed by atoms with E-state index in [-0.39, 0.29) is 22.5 Å². The Hall–Kier alpha value is -1.77. The first-order valence-corrected chi connectivity index (χ1v) is 10.9. The minimum Gasteiger partial charge on any atom is -0.334 e. The topological polar surface area (TPSA) is 79.2 Å². The first-order valence-electron chi connectivity index (χ1n) is 9.50. The molecule has 3 rings (SSSR count). The number of carbonyl (C=O) groups excluding carboxylic acids is 2. The number of amides is 1. The van der Waals surface area contributed by atoms with Crippen LogP contribution in [-0.4, -0.2) is 75.6 Å². The molecule has 0 aromatic heterocycles. The fourth-order valence-electron chi connectivity index (χ4n) is 3.72. The summed E-state index contributed by atoms with van der Waals surface area (Å²) in [4.78, 5) is 27.6. The number of nitrogens with zero attached hydrogens (tertiary/aromatic N) is 2. The minimum absolute atomic E-state index is 0.0880. The lowest BCUT2D eigenvalue weighted by atomic mass is 9.96. The second kappa shape index (κ2) is 8.08. The molecule has 2 fully saturated rings. The maximum absolute atomic E-state index is 12.8. The van der Waals surface area contributed by atoms with E-state index in [0.29, 0.717) is 31.5 Å². The maximum Gasteiger partial charge on any atom is 0.243 e. The van der Waals surface area contributed by atoms with Gasteiger partial charge in [0, 0.05) is 24.6 Å². The summed E-state index contributed by atoms with van der Waals surface area (Å²) in [6.45, 7) is 5.66. The third-order valence-electron chi connectivity index (χ3n) is 5.63. The zero-order chi connectivity index (χ0) is 19.6. The standard InChI is InChI=1S/C19H27N3O4S/c1-15(23)16-3-5-18(6-4-16)27(25,26)22-9-7-17(8-10-22)19(24)21-13-11-20(2)12-14-21/h3-6,17H,7-14H2,1-2H3/p+1. The van der Waals surface area contributed by atoms with Gasteiger partial charge in [-0.25, -0.2) is 8.42 Å². The Kier molecular flexibility index (Phi) is 5.98. The fraction of sp³-hybridized carbons (Fsp3) is 0.579. The molecule has 7 nitrogen and oxygen atoms in total. The Morgan fingerprint density at radius 3 is 2.07 bits per heavy atom. The molecular formula is C19H28N3O4S+. The van der Waals surface area contributed by atoms with E-state index in [1.54, 1.807) is 12.1 Å². The van der Waals surface area contributed by atoms with E-state index in [2.05, 4.69) is 7.05 Å². The van der Waals surface area contributed by atoms with Gasteiger partial charge in [-0.15, -0.1) is 0 Å². The summed E-state index contributed by atoms with van der Waals surface area (Å²) in [7, 11) is -1.46. The van der Waals surface area contributed by atoms with Crippen LogP contribution in [0.15, 0.2) is 29.2 Å². The molecule has 2 heterocycles. The number of sulfonamides is 1. The van der Waals surface area contributed by atoms with Gasteiger partial charge in [0.15, 0.2) is 5.78 Å². The lowest BCUT2D eigenvalue weighted by Crippen LogP contribution is -3.12. The molecule has 1 amide bonds. The van der Waals surface area contributed by atoms with E-state index >= 15 is 0 Å². The lowest BCUT2D eigenvalue weighted by molar-refractivity contribution is -0.883. The van der Waals surface area contributed by atoms with Crippen LogP contribution in [0.1, 0.15) is 30.1 Å². The molecule has 2 aliphatic rings. The summed E-state index contributed by atoms with van der Waals surface area (Å²) in [5.41, 5.74) is 0.493. The molecule has 1 aromatic rings. The van der Waals surface area contributed by atoms with Crippen LogP contribution in [0.25, 0.3) is 0 Å². The summed E-state index contributed by atoms with van der Waals surface area (Å²) < 4.78 is 27.1. The number of likely N-dealkylation sites (N-methyl/N-ethyl adjacent to an activating group) is 1. The summed E-state index contributed by atoms with van der Waals surface area (Å²) in [6.07, 6.45) is 1.12. The summed E-state index contributed by atoms with van der Waals surface area (Å²) in [5, 5.41) is 0. The summed E-state index contributed by atoms with van der Waals surface area (Å²) >= 11 is 0. The van der Waals surface area contributed by atoms with Crippen LogP contribution in [0, 0.1) is 5.92 Å². The summed E-state index contributed by atoms with van der Waals surface area (Å²) in [5.74, 6) is -0.0101. The number of Topliss-reactive ketones (excluding diaryl/α,β-unsaturated/α-hetero) is 1. The van der Waals surface area contributed by atoms with Gasteiger partial charge >= 0.3 is 0 Å². The molecule has 0 unspecified atom stereocenters. The zero-order valence-electron chi connectivity index (χ0n) is 16.0. The number of piperidine rings is 1. The Balaban J connectivity index is 1.60. The van der Waals surface area contributed by atoms with Crippen molar-refractivity contribution in [3.8, 4) is 0 Å². The van der Waals surface area contributed by atoms with Crippen LogP contribution in [0.4, 0.5) is 0 Å². The van der Waals surface area contributed by atoms with Crippen molar-refractivity contribution in [3.05, 3.63) is 29.8 Å². The zero-order valence-corrected chi connectivity index (χ0v) is 16.8. The van der Waals surface area contributed by atoms with E-state index in [9.17, 15) is 18.0 Å². The van der Waals surface area contributed by atoms with Gasteiger partial charge in [0.05, 0.1) is 38.1 Å². The van der Waals surface area contributed by atoms with Gasteiger partial charge in [-0.05, 0) is 31.9 Å². The van der Waals surface area contributed by atoms with Gasteiger partial charge in [0.1, 0.15) is 0 Å². The number of quaternary nitrogens is 1. The van der Waals surface area contributed by atoms with Crippen LogP contribution in [0.5, 0.6) is 0 Å². The van der Waals surface area contributed by atoms with Crippen molar-refractivity contribution in [2.24, 2.45) is 5.92 Å². The third-order valence-corrected chi connectivity index (χ3v) is 7.54. The minimum atomic E-state index is -3.59. The highest BCUT2D eigenvalue weighted by Gasteiger charge is 2.34. The van der Waals surface area contributed by atoms with E-state index in [1.807, 2.05) is 4.90 Å². The van der Waals surface area contributed by atoms with Crippen molar-refractivity contribution >= 4 is 21.7 Å². The number of benzene rings is 1. The van der Waals surface area contributed by atoms with E-state index in [0.717, 1.165) is 26.2 Å². The van der Waals surface area contributed by atoms with Crippen LogP contribution in [0.3, 0.4) is 0 Å². The van der Waals surface area contributed by atoms with Gasteiger partial charge in [-0.2, -0.15) is 4.31 Å². The molecule has 0 aliphatic carbocycles. The Morgan fingerprint density at radius 1 is 1.00 bits per heavy atom. The Labute approximate surface area is 161 Å². The highest BCUT2D eigenvalue weighted by atomic mass is 32.2. The van der Waals surface area contributed by atoms with Gasteiger partial charge < -0.3 is 9.80 Å².